The molecule has 2 aliphatic heterocycles. The lowest BCUT2D eigenvalue weighted by Gasteiger charge is -2.46. The number of allylic oxidation sites excluding steroid dienone is 2. The van der Waals surface area contributed by atoms with Gasteiger partial charge in [0.1, 0.15) is 35.4 Å². The second kappa shape index (κ2) is 11.3. The SMILES string of the molecule is COCCC1(C)C(=O)C2=C(O)C(=C=O)C(C(=O)NCc3ccc(F)cc3F)=CN2CC1OCCN=O. The number of nitroso groups, excluding NO2 is 1. The highest BCUT2D eigenvalue weighted by Gasteiger charge is 2.51. The number of halogens is 2. The fraction of sp³-hybridized carbons (Fsp3) is 0.417. The fourth-order valence-corrected chi connectivity index (χ4v) is 4.11. The second-order valence-electron chi connectivity index (χ2n) is 8.49. The Morgan fingerprint density at radius 2 is 2.11 bits per heavy atom. The van der Waals surface area contributed by atoms with E-state index in [0.29, 0.717) is 6.07 Å². The lowest BCUT2D eigenvalue weighted by Crippen LogP contribution is -2.56. The van der Waals surface area contributed by atoms with Crippen LogP contribution in [-0.2, 0) is 30.4 Å². The number of nitrogens with one attached hydrogen (secondary N) is 1. The minimum Gasteiger partial charge on any atom is -0.504 e. The first-order chi connectivity index (χ1) is 17.2. The van der Waals surface area contributed by atoms with Gasteiger partial charge in [0.25, 0.3) is 5.91 Å². The van der Waals surface area contributed by atoms with Crippen LogP contribution in [0.2, 0.25) is 0 Å². The Hall–Kier alpha value is -3.73. The summed E-state index contributed by atoms with van der Waals surface area (Å²) in [5.74, 6) is -2.28. The van der Waals surface area contributed by atoms with E-state index in [0.717, 1.165) is 12.1 Å². The van der Waals surface area contributed by atoms with Crippen LogP contribution in [0.25, 0.3) is 0 Å². The molecule has 2 N–H and O–H groups in total. The normalized spacial score (nSPS) is 21.6. The summed E-state index contributed by atoms with van der Waals surface area (Å²) >= 11 is 0. The Kier molecular flexibility index (Phi) is 8.46. The molecule has 0 spiro atoms. The van der Waals surface area contributed by atoms with Crippen LogP contribution in [-0.4, -0.2) is 67.2 Å². The molecule has 1 amide bonds. The number of amides is 1. The summed E-state index contributed by atoms with van der Waals surface area (Å²) in [6.45, 7) is 1.30. The molecule has 0 saturated carbocycles. The molecule has 0 bridgehead atoms. The molecule has 192 valence electrons. The number of carbonyl (C=O) groups is 2. The first kappa shape index (κ1) is 26.9. The maximum Gasteiger partial charge on any atom is 0.254 e. The molecule has 36 heavy (non-hydrogen) atoms. The summed E-state index contributed by atoms with van der Waals surface area (Å²) in [5.41, 5.74) is -2.24. The Morgan fingerprint density at radius 1 is 1.36 bits per heavy atom. The molecule has 1 fully saturated rings. The van der Waals surface area contributed by atoms with Gasteiger partial charge in [-0.15, -0.1) is 0 Å². The molecule has 3 rings (SSSR count). The van der Waals surface area contributed by atoms with E-state index < -0.39 is 46.2 Å². The zero-order valence-electron chi connectivity index (χ0n) is 19.7. The van der Waals surface area contributed by atoms with Gasteiger partial charge < -0.3 is 24.8 Å². The molecule has 2 aliphatic rings. The van der Waals surface area contributed by atoms with Crippen LogP contribution in [0.4, 0.5) is 8.78 Å². The van der Waals surface area contributed by atoms with Crippen LogP contribution in [0, 0.1) is 22.0 Å². The van der Waals surface area contributed by atoms with Crippen molar-refractivity contribution in [3.8, 4) is 0 Å². The van der Waals surface area contributed by atoms with Crippen LogP contribution < -0.4 is 5.32 Å². The summed E-state index contributed by atoms with van der Waals surface area (Å²) in [5, 5.41) is 16.0. The number of fused-ring (bicyclic) bond motifs is 1. The number of hydrogen-bond acceptors (Lipinski definition) is 9. The van der Waals surface area contributed by atoms with Gasteiger partial charge >= 0.3 is 0 Å². The van der Waals surface area contributed by atoms with Gasteiger partial charge in [0.15, 0.2) is 11.5 Å². The zero-order valence-corrected chi connectivity index (χ0v) is 19.7. The summed E-state index contributed by atoms with van der Waals surface area (Å²) in [6.07, 6.45) is 0.648. The third-order valence-corrected chi connectivity index (χ3v) is 6.24. The lowest BCUT2D eigenvalue weighted by molar-refractivity contribution is -0.144. The molecule has 1 aromatic carbocycles. The van der Waals surface area contributed by atoms with Gasteiger partial charge in [0, 0.05) is 38.1 Å². The topological polar surface area (TPSA) is 135 Å². The van der Waals surface area contributed by atoms with E-state index in [2.05, 4.69) is 10.5 Å². The van der Waals surface area contributed by atoms with Gasteiger partial charge in [-0.25, -0.2) is 13.6 Å². The maximum absolute atomic E-state index is 13.9. The van der Waals surface area contributed by atoms with E-state index >= 15 is 0 Å². The van der Waals surface area contributed by atoms with Gasteiger partial charge in [-0.05, 0) is 19.4 Å². The third-order valence-electron chi connectivity index (χ3n) is 6.24. The minimum absolute atomic E-state index is 0.000286. The van der Waals surface area contributed by atoms with E-state index in [1.54, 1.807) is 6.92 Å². The van der Waals surface area contributed by atoms with E-state index in [1.807, 2.05) is 0 Å². The predicted octanol–water partition coefficient (Wildman–Crippen LogP) is 2.09. The van der Waals surface area contributed by atoms with Crippen molar-refractivity contribution in [1.29, 1.82) is 0 Å². The summed E-state index contributed by atoms with van der Waals surface area (Å²) in [6, 6.07) is 2.85. The second-order valence-corrected chi connectivity index (χ2v) is 8.49. The number of benzene rings is 1. The minimum atomic E-state index is -1.18. The van der Waals surface area contributed by atoms with Crippen LogP contribution in [0.5, 0.6) is 0 Å². The van der Waals surface area contributed by atoms with Crippen molar-refractivity contribution >= 4 is 17.6 Å². The van der Waals surface area contributed by atoms with Crippen molar-refractivity contribution in [3.05, 3.63) is 69.1 Å². The molecule has 0 radical (unpaired) electrons. The number of ketones is 1. The van der Waals surface area contributed by atoms with Crippen LogP contribution in [0.3, 0.4) is 0 Å². The van der Waals surface area contributed by atoms with Gasteiger partial charge in [0.2, 0.25) is 0 Å². The molecule has 2 unspecified atom stereocenters. The Morgan fingerprint density at radius 3 is 2.75 bits per heavy atom. The third kappa shape index (κ3) is 5.25. The fourth-order valence-electron chi connectivity index (χ4n) is 4.11. The quantitative estimate of drug-likeness (QED) is 0.280. The summed E-state index contributed by atoms with van der Waals surface area (Å²) in [7, 11) is 1.46. The number of aliphatic hydroxyl groups excluding tert-OH is 1. The number of piperidine rings is 1. The van der Waals surface area contributed by atoms with Crippen molar-refractivity contribution in [2.75, 3.05) is 33.4 Å². The Bertz CT molecular complexity index is 1180. The van der Waals surface area contributed by atoms with Crippen molar-refractivity contribution in [2.24, 2.45) is 10.6 Å². The number of aliphatic hydroxyl groups is 1. The van der Waals surface area contributed by atoms with Gasteiger partial charge in [-0.2, -0.15) is 4.91 Å². The molecule has 1 aromatic rings. The predicted molar refractivity (Wildman–Crippen MR) is 122 cm³/mol. The molecule has 12 heteroatoms. The van der Waals surface area contributed by atoms with Crippen molar-refractivity contribution in [2.45, 2.75) is 26.0 Å². The number of carbonyl (C=O) groups excluding carboxylic acids is 3. The first-order valence-electron chi connectivity index (χ1n) is 11.0. The molecule has 10 nitrogen and oxygen atoms in total. The number of methoxy groups -OCH3 is 1. The molecular formula is C24H25F2N3O7. The average Bonchev–Trinajstić information content (AvgIpc) is 2.85. The Balaban J connectivity index is 1.91. The van der Waals surface area contributed by atoms with E-state index in [4.69, 9.17) is 9.47 Å². The highest BCUT2D eigenvalue weighted by Crippen LogP contribution is 2.42. The van der Waals surface area contributed by atoms with Gasteiger partial charge in [0.05, 0.1) is 30.2 Å². The van der Waals surface area contributed by atoms with Crippen molar-refractivity contribution < 1.29 is 37.7 Å². The zero-order chi connectivity index (χ0) is 26.5. The number of hydrogen-bond donors (Lipinski definition) is 2. The van der Waals surface area contributed by atoms with Crippen LogP contribution in [0.15, 0.2) is 52.2 Å². The largest absolute Gasteiger partial charge is 0.504 e. The maximum atomic E-state index is 13.9. The smallest absolute Gasteiger partial charge is 0.254 e. The molecule has 0 aromatic heterocycles. The molecular weight excluding hydrogens is 480 g/mol. The van der Waals surface area contributed by atoms with Crippen molar-refractivity contribution in [3.63, 3.8) is 0 Å². The highest BCUT2D eigenvalue weighted by atomic mass is 19.1. The molecule has 2 atom stereocenters. The molecule has 0 aliphatic carbocycles. The standard InChI is InChI=1S/C24H25F2N3O7/c1-24(5-7-35-2)19(36-8-6-28-34)12-29-11-16(17(13-30)21(31)20(29)22(24)32)23(33)27-10-14-3-4-15(25)9-18(14)26/h3-4,9,11,19,31H,5-8,10,12H2,1-2H3,(H,27,33). The lowest BCUT2D eigenvalue weighted by atomic mass is 9.71. The average molecular weight is 505 g/mol. The summed E-state index contributed by atoms with van der Waals surface area (Å²) in [4.78, 5) is 49.9. The van der Waals surface area contributed by atoms with Crippen molar-refractivity contribution in [1.82, 2.24) is 10.2 Å². The van der Waals surface area contributed by atoms with Crippen LogP contribution >= 0.6 is 0 Å². The first-order valence-corrected chi connectivity index (χ1v) is 11.0. The molecule has 2 heterocycles. The van der Waals surface area contributed by atoms with E-state index in [-0.39, 0.29) is 56.1 Å². The number of nitrogens with zero attached hydrogens (tertiary/aromatic N) is 2. The molecule has 1 saturated heterocycles. The highest BCUT2D eigenvalue weighted by molar-refractivity contribution is 6.07. The number of rotatable bonds is 10. The monoisotopic (exact) mass is 505 g/mol. The number of Topliss-reactive ketones (excluding diaryl/α,β-unsaturated/α-hetero) is 1. The van der Waals surface area contributed by atoms with Gasteiger partial charge in [-0.1, -0.05) is 11.2 Å². The van der Waals surface area contributed by atoms with E-state index in [9.17, 15) is 33.2 Å². The number of ether oxygens (including phenoxy) is 2. The van der Waals surface area contributed by atoms with Crippen LogP contribution in [0.1, 0.15) is 18.9 Å². The van der Waals surface area contributed by atoms with Gasteiger partial charge in [-0.3, -0.25) is 9.59 Å². The summed E-state index contributed by atoms with van der Waals surface area (Å²) < 4.78 is 37.9. The van der Waals surface area contributed by atoms with E-state index in [1.165, 1.54) is 24.2 Å². The Labute approximate surface area is 205 Å².